The first-order valence-electron chi connectivity index (χ1n) is 8.29. The van der Waals surface area contributed by atoms with E-state index in [0.717, 1.165) is 28.1 Å². The zero-order chi connectivity index (χ0) is 18.0. The van der Waals surface area contributed by atoms with E-state index in [9.17, 15) is 4.79 Å². The van der Waals surface area contributed by atoms with Crippen LogP contribution >= 0.6 is 0 Å². The summed E-state index contributed by atoms with van der Waals surface area (Å²) in [6.45, 7) is 8.18. The number of nitrogens with one attached hydrogen (secondary N) is 1. The molecule has 0 bridgehead atoms. The number of anilines is 1. The first kappa shape index (κ1) is 17.1. The Kier molecular flexibility index (Phi) is 4.79. The van der Waals surface area contributed by atoms with Crippen molar-refractivity contribution in [3.63, 3.8) is 0 Å². The summed E-state index contributed by atoms with van der Waals surface area (Å²) in [6.07, 6.45) is 2.80. The first-order valence-corrected chi connectivity index (χ1v) is 8.29. The van der Waals surface area contributed by atoms with Crippen molar-refractivity contribution in [1.82, 2.24) is 5.16 Å². The van der Waals surface area contributed by atoms with E-state index in [4.69, 9.17) is 14.0 Å². The van der Waals surface area contributed by atoms with Crippen LogP contribution in [0.3, 0.4) is 0 Å². The number of allylic oxidation sites excluding steroid dienone is 1. The van der Waals surface area contributed by atoms with Crippen LogP contribution in [0.1, 0.15) is 41.6 Å². The van der Waals surface area contributed by atoms with Gasteiger partial charge in [0, 0.05) is 23.5 Å². The Bertz CT molecular complexity index is 810. The van der Waals surface area contributed by atoms with Crippen LogP contribution in [0.2, 0.25) is 0 Å². The summed E-state index contributed by atoms with van der Waals surface area (Å²) in [5.41, 5.74) is 3.64. The van der Waals surface area contributed by atoms with Crippen molar-refractivity contribution in [1.29, 1.82) is 0 Å². The number of amides is 1. The largest absolute Gasteiger partial charge is 0.493 e. The molecule has 0 saturated heterocycles. The maximum absolute atomic E-state index is 12.1. The van der Waals surface area contributed by atoms with Crippen molar-refractivity contribution in [2.75, 3.05) is 19.0 Å². The molecule has 132 valence electrons. The maximum atomic E-state index is 12.1. The molecule has 1 amide bonds. The summed E-state index contributed by atoms with van der Waals surface area (Å²) in [4.78, 5) is 12.1. The molecule has 0 fully saturated rings. The van der Waals surface area contributed by atoms with Crippen molar-refractivity contribution < 1.29 is 18.8 Å². The number of rotatable bonds is 6. The van der Waals surface area contributed by atoms with Gasteiger partial charge in [0.2, 0.25) is 11.8 Å². The fourth-order valence-corrected chi connectivity index (χ4v) is 3.28. The Morgan fingerprint density at radius 3 is 2.96 bits per heavy atom. The van der Waals surface area contributed by atoms with Crippen LogP contribution in [0.4, 0.5) is 5.88 Å². The second-order valence-corrected chi connectivity index (χ2v) is 5.95. The fourth-order valence-electron chi connectivity index (χ4n) is 3.28. The van der Waals surface area contributed by atoms with Gasteiger partial charge in [-0.3, -0.25) is 10.1 Å². The molecule has 1 unspecified atom stereocenters. The van der Waals surface area contributed by atoms with Gasteiger partial charge < -0.3 is 14.0 Å². The summed E-state index contributed by atoms with van der Waals surface area (Å²) in [7, 11) is 1.61. The Hall–Kier alpha value is -2.76. The number of nitrogens with zero attached hydrogens (tertiary/aromatic N) is 1. The zero-order valence-corrected chi connectivity index (χ0v) is 14.7. The van der Waals surface area contributed by atoms with Crippen molar-refractivity contribution in [3.05, 3.63) is 47.2 Å². The lowest BCUT2D eigenvalue weighted by molar-refractivity contribution is -0.116. The van der Waals surface area contributed by atoms with Crippen molar-refractivity contribution in [2.45, 2.75) is 32.6 Å². The van der Waals surface area contributed by atoms with E-state index in [1.807, 2.05) is 26.0 Å². The molecule has 2 aromatic rings. The normalized spacial score (nSPS) is 16.1. The minimum Gasteiger partial charge on any atom is -0.493 e. The van der Waals surface area contributed by atoms with Gasteiger partial charge in [0.15, 0.2) is 11.5 Å². The molecular formula is C19H22N2O4. The highest BCUT2D eigenvalue weighted by molar-refractivity contribution is 5.94. The lowest BCUT2D eigenvalue weighted by Gasteiger charge is -2.24. The highest BCUT2D eigenvalue weighted by Crippen LogP contribution is 2.43. The second kappa shape index (κ2) is 7.01. The van der Waals surface area contributed by atoms with Gasteiger partial charge in [-0.25, -0.2) is 0 Å². The Morgan fingerprint density at radius 1 is 1.48 bits per heavy atom. The molecule has 0 saturated carbocycles. The number of aromatic nitrogens is 1. The summed E-state index contributed by atoms with van der Waals surface area (Å²) in [5.74, 6) is 1.57. The van der Waals surface area contributed by atoms with E-state index in [0.29, 0.717) is 31.1 Å². The molecule has 1 atom stereocenters. The molecule has 0 aliphatic carbocycles. The van der Waals surface area contributed by atoms with Gasteiger partial charge in [-0.05, 0) is 31.9 Å². The van der Waals surface area contributed by atoms with Crippen LogP contribution < -0.4 is 14.8 Å². The summed E-state index contributed by atoms with van der Waals surface area (Å²) in [6, 6.07) is 3.98. The quantitative estimate of drug-likeness (QED) is 0.812. The van der Waals surface area contributed by atoms with Gasteiger partial charge in [-0.1, -0.05) is 17.3 Å². The third-order valence-electron chi connectivity index (χ3n) is 4.33. The molecule has 0 spiro atoms. The molecule has 25 heavy (non-hydrogen) atoms. The van der Waals surface area contributed by atoms with Crippen LogP contribution in [0.15, 0.2) is 29.3 Å². The van der Waals surface area contributed by atoms with Crippen molar-refractivity contribution >= 4 is 11.8 Å². The minimum atomic E-state index is -0.136. The molecular weight excluding hydrogens is 320 g/mol. The number of benzene rings is 1. The number of aryl methyl sites for hydroxylation is 1. The predicted octanol–water partition coefficient (Wildman–Crippen LogP) is 3.59. The van der Waals surface area contributed by atoms with E-state index in [1.165, 1.54) is 0 Å². The maximum Gasteiger partial charge on any atom is 0.235 e. The van der Waals surface area contributed by atoms with Crippen LogP contribution in [0.5, 0.6) is 11.5 Å². The summed E-state index contributed by atoms with van der Waals surface area (Å²) < 4.78 is 16.6. The van der Waals surface area contributed by atoms with E-state index < -0.39 is 0 Å². The predicted molar refractivity (Wildman–Crippen MR) is 94.4 cm³/mol. The molecule has 2 heterocycles. The topological polar surface area (TPSA) is 73.6 Å². The number of hydrogen-bond acceptors (Lipinski definition) is 5. The standard InChI is InChI=1S/C19H22N2O4/c1-5-7-12-8-13(9-15(23-4)18(12)24-6-2)14-10-16(22)20-19-17(14)11(3)21-25-19/h5,8-9,14H,1,6-7,10H2,2-4H3,(H,20,22). The Labute approximate surface area is 146 Å². The first-order chi connectivity index (χ1) is 12.1. The van der Waals surface area contributed by atoms with E-state index >= 15 is 0 Å². The number of fused-ring (bicyclic) bond motifs is 1. The van der Waals surface area contributed by atoms with Gasteiger partial charge in [-0.15, -0.1) is 6.58 Å². The number of ether oxygens (including phenoxy) is 2. The molecule has 0 radical (unpaired) electrons. The minimum absolute atomic E-state index is 0.0910. The number of methoxy groups -OCH3 is 1. The highest BCUT2D eigenvalue weighted by atomic mass is 16.5. The van der Waals surface area contributed by atoms with Crippen molar-refractivity contribution in [3.8, 4) is 11.5 Å². The van der Waals surface area contributed by atoms with Gasteiger partial charge in [0.25, 0.3) is 0 Å². The van der Waals surface area contributed by atoms with Crippen LogP contribution in [-0.2, 0) is 11.2 Å². The third kappa shape index (κ3) is 3.12. The molecule has 1 aliphatic heterocycles. The Morgan fingerprint density at radius 2 is 2.28 bits per heavy atom. The van der Waals surface area contributed by atoms with Gasteiger partial charge in [0.05, 0.1) is 19.4 Å². The van der Waals surface area contributed by atoms with Crippen LogP contribution in [0.25, 0.3) is 0 Å². The second-order valence-electron chi connectivity index (χ2n) is 5.95. The molecule has 3 rings (SSSR count). The number of carbonyl (C=O) groups is 1. The zero-order valence-electron chi connectivity index (χ0n) is 14.7. The van der Waals surface area contributed by atoms with E-state index in [-0.39, 0.29) is 11.8 Å². The van der Waals surface area contributed by atoms with Gasteiger partial charge >= 0.3 is 0 Å². The SMILES string of the molecule is C=CCc1cc(C2CC(=O)Nc3onc(C)c32)cc(OC)c1OCC. The highest BCUT2D eigenvalue weighted by Gasteiger charge is 2.33. The molecule has 1 aromatic heterocycles. The van der Waals surface area contributed by atoms with Crippen molar-refractivity contribution in [2.24, 2.45) is 0 Å². The van der Waals surface area contributed by atoms with Crippen LogP contribution in [0, 0.1) is 6.92 Å². The monoisotopic (exact) mass is 342 g/mol. The van der Waals surface area contributed by atoms with Crippen LogP contribution in [-0.4, -0.2) is 24.8 Å². The number of carbonyl (C=O) groups excluding carboxylic acids is 1. The molecule has 1 aromatic carbocycles. The lowest BCUT2D eigenvalue weighted by atomic mass is 9.84. The molecule has 1 N–H and O–H groups in total. The molecule has 6 heteroatoms. The average molecular weight is 342 g/mol. The number of hydrogen-bond donors (Lipinski definition) is 1. The van der Waals surface area contributed by atoms with E-state index in [1.54, 1.807) is 7.11 Å². The van der Waals surface area contributed by atoms with Gasteiger partial charge in [-0.2, -0.15) is 0 Å². The van der Waals surface area contributed by atoms with Gasteiger partial charge in [0.1, 0.15) is 0 Å². The summed E-state index contributed by atoms with van der Waals surface area (Å²) in [5, 5.41) is 6.74. The Balaban J connectivity index is 2.14. The smallest absolute Gasteiger partial charge is 0.235 e. The molecule has 1 aliphatic rings. The molecule has 6 nitrogen and oxygen atoms in total. The lowest BCUT2D eigenvalue weighted by Crippen LogP contribution is -2.23. The van der Waals surface area contributed by atoms with E-state index in [2.05, 4.69) is 23.1 Å². The third-order valence-corrected chi connectivity index (χ3v) is 4.33. The fraction of sp³-hybridized carbons (Fsp3) is 0.368. The summed E-state index contributed by atoms with van der Waals surface area (Å²) >= 11 is 0. The average Bonchev–Trinajstić information content (AvgIpc) is 2.96.